The van der Waals surface area contributed by atoms with Gasteiger partial charge < -0.3 is 4.90 Å². The number of benzene rings is 1. The average Bonchev–Trinajstić information content (AvgIpc) is 2.63. The first-order valence-electron chi connectivity index (χ1n) is 8.21. The molecule has 1 aliphatic rings. The van der Waals surface area contributed by atoms with Gasteiger partial charge in [-0.3, -0.25) is 9.69 Å². The molecule has 1 fully saturated rings. The van der Waals surface area contributed by atoms with Crippen molar-refractivity contribution in [2.24, 2.45) is 0 Å². The summed E-state index contributed by atoms with van der Waals surface area (Å²) in [5, 5.41) is 0.613. The Labute approximate surface area is 151 Å². The van der Waals surface area contributed by atoms with Crippen molar-refractivity contribution in [2.45, 2.75) is 18.6 Å². The van der Waals surface area contributed by atoms with Gasteiger partial charge in [0.2, 0.25) is 0 Å². The molecule has 0 aliphatic carbocycles. The lowest BCUT2D eigenvalue weighted by atomic mass is 10.2. The van der Waals surface area contributed by atoms with Gasteiger partial charge in [0.15, 0.2) is 5.16 Å². The molecule has 0 radical (unpaired) electrons. The van der Waals surface area contributed by atoms with Crippen LogP contribution < -0.4 is 0 Å². The Morgan fingerprint density at radius 2 is 1.92 bits per heavy atom. The van der Waals surface area contributed by atoms with Gasteiger partial charge in [0.1, 0.15) is 11.5 Å². The van der Waals surface area contributed by atoms with Crippen LogP contribution >= 0.6 is 11.8 Å². The minimum atomic E-state index is -0.179. The highest BCUT2D eigenvalue weighted by Crippen LogP contribution is 2.15. The monoisotopic (exact) mass is 360 g/mol. The number of piperazine rings is 1. The number of aromatic nitrogens is 2. The number of aryl methyl sites for hydroxylation is 1. The minimum Gasteiger partial charge on any atom is -0.335 e. The molecule has 0 unspecified atom stereocenters. The normalized spacial score (nSPS) is 15.4. The summed E-state index contributed by atoms with van der Waals surface area (Å²) < 4.78 is 13.8. The van der Waals surface area contributed by atoms with Crippen molar-refractivity contribution in [1.29, 1.82) is 0 Å². The second kappa shape index (κ2) is 7.93. The average molecular weight is 360 g/mol. The van der Waals surface area contributed by atoms with E-state index in [1.807, 2.05) is 24.1 Å². The van der Waals surface area contributed by atoms with Crippen LogP contribution in [0.3, 0.4) is 0 Å². The van der Waals surface area contributed by atoms with Gasteiger partial charge in [-0.05, 0) is 25.3 Å². The number of carbonyl (C=O) groups is 1. The number of carbonyl (C=O) groups excluding carboxylic acids is 1. The van der Waals surface area contributed by atoms with Crippen LogP contribution in [0.1, 0.15) is 21.7 Å². The van der Waals surface area contributed by atoms with Crippen LogP contribution in [-0.4, -0.2) is 58.1 Å². The van der Waals surface area contributed by atoms with Gasteiger partial charge in [0, 0.05) is 44.0 Å². The molecule has 1 amide bonds. The lowest BCUT2D eigenvalue weighted by Gasteiger charge is -2.34. The Hall–Kier alpha value is -1.99. The number of rotatable bonds is 4. The Balaban J connectivity index is 1.61. The van der Waals surface area contributed by atoms with Crippen LogP contribution in [0, 0.1) is 12.7 Å². The predicted octanol–water partition coefficient (Wildman–Crippen LogP) is 2.60. The summed E-state index contributed by atoms with van der Waals surface area (Å²) >= 11 is 1.43. The van der Waals surface area contributed by atoms with E-state index in [-0.39, 0.29) is 11.7 Å². The van der Waals surface area contributed by atoms with E-state index in [2.05, 4.69) is 14.9 Å². The topological polar surface area (TPSA) is 49.3 Å². The van der Waals surface area contributed by atoms with E-state index in [0.717, 1.165) is 18.8 Å². The number of hydrogen-bond acceptors (Lipinski definition) is 5. The largest absolute Gasteiger partial charge is 0.335 e. The van der Waals surface area contributed by atoms with Gasteiger partial charge in [-0.25, -0.2) is 14.4 Å². The van der Waals surface area contributed by atoms with E-state index in [0.29, 0.717) is 36.0 Å². The molecule has 0 atom stereocenters. The fourth-order valence-electron chi connectivity index (χ4n) is 2.88. The fourth-order valence-corrected chi connectivity index (χ4v) is 3.31. The molecule has 0 spiro atoms. The molecule has 132 valence electrons. The van der Waals surface area contributed by atoms with Gasteiger partial charge >= 0.3 is 0 Å². The molecule has 0 N–H and O–H groups in total. The highest BCUT2D eigenvalue weighted by atomic mass is 32.2. The van der Waals surface area contributed by atoms with Crippen molar-refractivity contribution in [3.8, 4) is 0 Å². The second-order valence-electron chi connectivity index (χ2n) is 6.04. The van der Waals surface area contributed by atoms with Gasteiger partial charge in [-0.15, -0.1) is 0 Å². The molecule has 25 heavy (non-hydrogen) atoms. The van der Waals surface area contributed by atoms with Crippen molar-refractivity contribution in [3.05, 3.63) is 53.1 Å². The molecule has 1 aliphatic heterocycles. The fraction of sp³-hybridized carbons (Fsp3) is 0.389. The van der Waals surface area contributed by atoms with Crippen molar-refractivity contribution in [1.82, 2.24) is 19.8 Å². The molecule has 5 nitrogen and oxygen atoms in total. The lowest BCUT2D eigenvalue weighted by Crippen LogP contribution is -2.48. The van der Waals surface area contributed by atoms with Crippen LogP contribution in [0.15, 0.2) is 35.5 Å². The maximum absolute atomic E-state index is 13.8. The molecule has 1 aromatic heterocycles. The van der Waals surface area contributed by atoms with Crippen LogP contribution in [0.25, 0.3) is 0 Å². The molecule has 0 bridgehead atoms. The van der Waals surface area contributed by atoms with Crippen LogP contribution in [0.5, 0.6) is 0 Å². The molecular formula is C18H21FN4OS. The van der Waals surface area contributed by atoms with Gasteiger partial charge in [-0.2, -0.15) is 0 Å². The first kappa shape index (κ1) is 17.8. The zero-order valence-corrected chi connectivity index (χ0v) is 15.2. The van der Waals surface area contributed by atoms with Crippen LogP contribution in [0.4, 0.5) is 4.39 Å². The predicted molar refractivity (Wildman–Crippen MR) is 96.1 cm³/mol. The molecule has 1 saturated heterocycles. The zero-order chi connectivity index (χ0) is 17.8. The molecule has 1 aromatic carbocycles. The second-order valence-corrected chi connectivity index (χ2v) is 6.81. The number of amides is 1. The lowest BCUT2D eigenvalue weighted by molar-refractivity contribution is 0.0620. The summed E-state index contributed by atoms with van der Waals surface area (Å²) in [7, 11) is 0. The first-order chi connectivity index (χ1) is 12.1. The third-order valence-corrected chi connectivity index (χ3v) is 4.79. The van der Waals surface area contributed by atoms with Crippen molar-refractivity contribution in [3.63, 3.8) is 0 Å². The van der Waals surface area contributed by atoms with Crippen molar-refractivity contribution < 1.29 is 9.18 Å². The Morgan fingerprint density at radius 3 is 2.60 bits per heavy atom. The van der Waals surface area contributed by atoms with Gasteiger partial charge in [0.25, 0.3) is 5.91 Å². The number of thioether (sulfide) groups is 1. The standard InChI is InChI=1S/C18H21FN4OS/c1-13-11-16(21-18(20-13)25-2)17(24)23-9-7-22(8-10-23)12-14-5-3-4-6-15(14)19/h3-6,11H,7-10,12H2,1-2H3. The Kier molecular flexibility index (Phi) is 5.65. The highest BCUT2D eigenvalue weighted by molar-refractivity contribution is 7.98. The smallest absolute Gasteiger partial charge is 0.272 e. The van der Waals surface area contributed by atoms with Crippen LogP contribution in [0.2, 0.25) is 0 Å². The molecule has 2 aromatic rings. The number of halogens is 1. The summed E-state index contributed by atoms with van der Waals surface area (Å²) in [6, 6.07) is 8.56. The Morgan fingerprint density at radius 1 is 1.20 bits per heavy atom. The summed E-state index contributed by atoms with van der Waals surface area (Å²) in [4.78, 5) is 25.3. The molecular weight excluding hydrogens is 339 g/mol. The van der Waals surface area contributed by atoms with Crippen molar-refractivity contribution >= 4 is 17.7 Å². The molecule has 0 saturated carbocycles. The molecule has 2 heterocycles. The van der Waals surface area contributed by atoms with E-state index < -0.39 is 0 Å². The van der Waals surface area contributed by atoms with Gasteiger partial charge in [0.05, 0.1) is 0 Å². The summed E-state index contributed by atoms with van der Waals surface area (Å²) in [6.07, 6.45) is 1.89. The molecule has 7 heteroatoms. The summed E-state index contributed by atoms with van der Waals surface area (Å²) in [5.74, 6) is -0.242. The zero-order valence-electron chi connectivity index (χ0n) is 14.4. The SMILES string of the molecule is CSc1nc(C)cc(C(=O)N2CCN(Cc3ccccc3F)CC2)n1. The maximum Gasteiger partial charge on any atom is 0.272 e. The number of hydrogen-bond donors (Lipinski definition) is 0. The maximum atomic E-state index is 13.8. The van der Waals surface area contributed by atoms with E-state index in [1.54, 1.807) is 18.2 Å². The van der Waals surface area contributed by atoms with Gasteiger partial charge in [-0.1, -0.05) is 30.0 Å². The molecule has 3 rings (SSSR count). The third kappa shape index (κ3) is 4.35. The summed E-state index contributed by atoms with van der Waals surface area (Å²) in [5.41, 5.74) is 1.93. The number of nitrogens with zero attached hydrogens (tertiary/aromatic N) is 4. The Bertz CT molecular complexity index is 762. The van der Waals surface area contributed by atoms with E-state index in [9.17, 15) is 9.18 Å². The quantitative estimate of drug-likeness (QED) is 0.620. The van der Waals surface area contributed by atoms with E-state index in [4.69, 9.17) is 0 Å². The third-order valence-electron chi connectivity index (χ3n) is 4.25. The minimum absolute atomic E-state index is 0.0636. The van der Waals surface area contributed by atoms with Crippen molar-refractivity contribution in [2.75, 3.05) is 32.4 Å². The van der Waals surface area contributed by atoms with Crippen LogP contribution in [-0.2, 0) is 6.54 Å². The summed E-state index contributed by atoms with van der Waals surface area (Å²) in [6.45, 7) is 5.11. The first-order valence-corrected chi connectivity index (χ1v) is 9.44. The van der Waals surface area contributed by atoms with E-state index >= 15 is 0 Å². The van der Waals surface area contributed by atoms with E-state index in [1.165, 1.54) is 17.8 Å². The highest BCUT2D eigenvalue weighted by Gasteiger charge is 2.24.